The third kappa shape index (κ3) is 6.49. The second-order valence-corrected chi connectivity index (χ2v) is 6.31. The number of amides is 2. The van der Waals surface area contributed by atoms with E-state index in [0.717, 1.165) is 19.6 Å². The van der Waals surface area contributed by atoms with Gasteiger partial charge in [0.1, 0.15) is 0 Å². The second-order valence-electron chi connectivity index (χ2n) is 5.53. The van der Waals surface area contributed by atoms with Crippen LogP contribution in [-0.4, -0.2) is 74.1 Å². The lowest BCUT2D eigenvalue weighted by atomic mass is 10.3. The number of nitrogens with zero attached hydrogens (tertiary/aromatic N) is 3. The monoisotopic (exact) mass is 412 g/mol. The summed E-state index contributed by atoms with van der Waals surface area (Å²) in [6.07, 6.45) is 0.258. The fourth-order valence-corrected chi connectivity index (χ4v) is 2.73. The lowest BCUT2D eigenvalue weighted by Crippen LogP contribution is -2.46. The minimum absolute atomic E-state index is 0.133. The predicted molar refractivity (Wildman–Crippen MR) is 92.8 cm³/mol. The molecule has 136 valence electrons. The van der Waals surface area contributed by atoms with Gasteiger partial charge in [-0.15, -0.1) is 0 Å². The van der Waals surface area contributed by atoms with E-state index in [2.05, 4.69) is 26.1 Å². The molecule has 0 spiro atoms. The maximum Gasteiger partial charge on any atom is 0.287 e. The number of hydrogen-bond acceptors (Lipinski definition) is 6. The Kier molecular flexibility index (Phi) is 7.91. The van der Waals surface area contributed by atoms with Gasteiger partial charge in [0.2, 0.25) is 5.91 Å². The van der Waals surface area contributed by atoms with Crippen LogP contribution in [0.2, 0.25) is 0 Å². The van der Waals surface area contributed by atoms with Crippen molar-refractivity contribution in [3.05, 3.63) is 22.6 Å². The summed E-state index contributed by atoms with van der Waals surface area (Å²) in [7, 11) is 0. The van der Waals surface area contributed by atoms with Crippen LogP contribution >= 0.6 is 15.9 Å². The van der Waals surface area contributed by atoms with E-state index in [1.165, 1.54) is 6.07 Å². The fraction of sp³-hybridized carbons (Fsp3) is 0.562. The van der Waals surface area contributed by atoms with Crippen molar-refractivity contribution in [1.29, 1.82) is 5.26 Å². The Morgan fingerprint density at radius 2 is 2.08 bits per heavy atom. The summed E-state index contributed by atoms with van der Waals surface area (Å²) in [5.41, 5.74) is 0. The van der Waals surface area contributed by atoms with Crippen LogP contribution in [0.1, 0.15) is 17.0 Å². The molecule has 0 aromatic carbocycles. The molecule has 0 unspecified atom stereocenters. The molecule has 0 saturated carbocycles. The number of morpholine rings is 1. The van der Waals surface area contributed by atoms with Gasteiger partial charge in [-0.3, -0.25) is 14.5 Å². The number of rotatable bonds is 8. The zero-order valence-corrected chi connectivity index (χ0v) is 15.5. The van der Waals surface area contributed by atoms with E-state index in [9.17, 15) is 9.59 Å². The van der Waals surface area contributed by atoms with E-state index in [1.54, 1.807) is 11.0 Å². The standard InChI is InChI=1S/C16H21BrN4O4/c17-14-3-2-13(25-14)16(23)19-12-15(22)21(5-1-4-18)7-6-20-8-10-24-11-9-20/h2-3H,1,5-12H2,(H,19,23). The van der Waals surface area contributed by atoms with Crippen LogP contribution in [0, 0.1) is 11.3 Å². The third-order valence-corrected chi connectivity index (χ3v) is 4.26. The van der Waals surface area contributed by atoms with Crippen molar-refractivity contribution in [3.63, 3.8) is 0 Å². The highest BCUT2D eigenvalue weighted by atomic mass is 79.9. The molecule has 8 nitrogen and oxygen atoms in total. The summed E-state index contributed by atoms with van der Waals surface area (Å²) in [5.74, 6) is -0.536. The van der Waals surface area contributed by atoms with Gasteiger partial charge in [0.25, 0.3) is 5.91 Å². The average Bonchev–Trinajstić information content (AvgIpc) is 3.07. The lowest BCUT2D eigenvalue weighted by molar-refractivity contribution is -0.130. The number of hydrogen-bond donors (Lipinski definition) is 1. The Hall–Kier alpha value is -1.89. The highest BCUT2D eigenvalue weighted by Gasteiger charge is 2.18. The number of furan rings is 1. The first-order valence-corrected chi connectivity index (χ1v) is 8.88. The molecule has 0 bridgehead atoms. The Morgan fingerprint density at radius 1 is 1.32 bits per heavy atom. The van der Waals surface area contributed by atoms with Crippen molar-refractivity contribution in [2.24, 2.45) is 0 Å². The molecule has 0 atom stereocenters. The van der Waals surface area contributed by atoms with Gasteiger partial charge in [0.05, 0.1) is 32.2 Å². The second kappa shape index (κ2) is 10.2. The number of nitrogens with one attached hydrogen (secondary N) is 1. The summed E-state index contributed by atoms with van der Waals surface area (Å²) in [6.45, 7) is 4.52. The number of ether oxygens (including phenoxy) is 1. The van der Waals surface area contributed by atoms with Crippen LogP contribution in [0.5, 0.6) is 0 Å². The Morgan fingerprint density at radius 3 is 2.72 bits per heavy atom. The number of nitriles is 1. The van der Waals surface area contributed by atoms with Gasteiger partial charge in [-0.05, 0) is 28.1 Å². The van der Waals surface area contributed by atoms with Crippen LogP contribution in [0.25, 0.3) is 0 Å². The molecule has 2 rings (SSSR count). The van der Waals surface area contributed by atoms with E-state index in [4.69, 9.17) is 14.4 Å². The maximum absolute atomic E-state index is 12.4. The van der Waals surface area contributed by atoms with Gasteiger partial charge in [-0.2, -0.15) is 5.26 Å². The van der Waals surface area contributed by atoms with Gasteiger partial charge >= 0.3 is 0 Å². The number of carbonyl (C=O) groups is 2. The molecular weight excluding hydrogens is 392 g/mol. The molecule has 1 saturated heterocycles. The Bertz CT molecular complexity index is 622. The molecule has 1 aromatic heterocycles. The van der Waals surface area contributed by atoms with Gasteiger partial charge in [-0.25, -0.2) is 0 Å². The fourth-order valence-electron chi connectivity index (χ4n) is 2.42. The smallest absolute Gasteiger partial charge is 0.287 e. The third-order valence-electron chi connectivity index (χ3n) is 3.83. The summed E-state index contributed by atoms with van der Waals surface area (Å²) in [6, 6.07) is 5.18. The van der Waals surface area contributed by atoms with E-state index < -0.39 is 5.91 Å². The van der Waals surface area contributed by atoms with E-state index in [1.807, 2.05) is 6.07 Å². The molecule has 2 heterocycles. The van der Waals surface area contributed by atoms with Crippen LogP contribution in [-0.2, 0) is 9.53 Å². The maximum atomic E-state index is 12.4. The Balaban J connectivity index is 1.81. The SMILES string of the molecule is N#CCCN(CCN1CCOCC1)C(=O)CNC(=O)c1ccc(Br)o1. The van der Waals surface area contributed by atoms with Crippen molar-refractivity contribution < 1.29 is 18.7 Å². The summed E-state index contributed by atoms with van der Waals surface area (Å²) >= 11 is 3.12. The molecule has 9 heteroatoms. The molecule has 0 radical (unpaired) electrons. The van der Waals surface area contributed by atoms with Crippen molar-refractivity contribution in [3.8, 4) is 6.07 Å². The highest BCUT2D eigenvalue weighted by molar-refractivity contribution is 9.10. The molecule has 1 aliphatic heterocycles. The molecule has 1 N–H and O–H groups in total. The summed E-state index contributed by atoms with van der Waals surface area (Å²) < 4.78 is 10.9. The minimum atomic E-state index is -0.451. The zero-order valence-electron chi connectivity index (χ0n) is 13.9. The molecule has 1 aliphatic rings. The van der Waals surface area contributed by atoms with Crippen LogP contribution in [0.4, 0.5) is 0 Å². The topological polar surface area (TPSA) is 98.8 Å². The molecule has 1 aromatic rings. The van der Waals surface area contributed by atoms with Gasteiger partial charge in [0, 0.05) is 32.7 Å². The van der Waals surface area contributed by atoms with Crippen LogP contribution in [0.15, 0.2) is 21.2 Å². The lowest BCUT2D eigenvalue weighted by Gasteiger charge is -2.29. The van der Waals surface area contributed by atoms with Crippen LogP contribution in [0.3, 0.4) is 0 Å². The summed E-state index contributed by atoms with van der Waals surface area (Å²) in [4.78, 5) is 28.1. The van der Waals surface area contributed by atoms with Crippen molar-refractivity contribution in [2.75, 3.05) is 52.5 Å². The first-order valence-electron chi connectivity index (χ1n) is 8.08. The van der Waals surface area contributed by atoms with Crippen molar-refractivity contribution in [1.82, 2.24) is 15.1 Å². The van der Waals surface area contributed by atoms with E-state index in [-0.39, 0.29) is 24.6 Å². The minimum Gasteiger partial charge on any atom is -0.444 e. The molecule has 0 aliphatic carbocycles. The van der Waals surface area contributed by atoms with Crippen molar-refractivity contribution >= 4 is 27.7 Å². The summed E-state index contributed by atoms with van der Waals surface area (Å²) in [5, 5.41) is 11.3. The first kappa shape index (κ1) is 19.4. The number of halogens is 1. The van der Waals surface area contributed by atoms with Crippen molar-refractivity contribution in [2.45, 2.75) is 6.42 Å². The molecule has 2 amide bonds. The molecular formula is C16H21BrN4O4. The van der Waals surface area contributed by atoms with Crippen LogP contribution < -0.4 is 5.32 Å². The first-order chi connectivity index (χ1) is 12.1. The normalized spacial score (nSPS) is 14.7. The quantitative estimate of drug-likeness (QED) is 0.679. The zero-order chi connectivity index (χ0) is 18.1. The molecule has 1 fully saturated rings. The van der Waals surface area contributed by atoms with Gasteiger partial charge in [0.15, 0.2) is 10.4 Å². The predicted octanol–water partition coefficient (Wildman–Crippen LogP) is 0.846. The van der Waals surface area contributed by atoms with Gasteiger partial charge in [-0.1, -0.05) is 0 Å². The van der Waals surface area contributed by atoms with E-state index >= 15 is 0 Å². The molecule has 25 heavy (non-hydrogen) atoms. The Labute approximate surface area is 154 Å². The van der Waals surface area contributed by atoms with E-state index in [0.29, 0.717) is 31.0 Å². The highest BCUT2D eigenvalue weighted by Crippen LogP contribution is 2.13. The average molecular weight is 413 g/mol. The largest absolute Gasteiger partial charge is 0.444 e. The van der Waals surface area contributed by atoms with Gasteiger partial charge < -0.3 is 19.4 Å². The number of carbonyl (C=O) groups excluding carboxylic acids is 2.